The zero-order chi connectivity index (χ0) is 22.4. The first-order valence-electron chi connectivity index (χ1n) is 11.2. The molecule has 2 amide bonds. The Bertz CT molecular complexity index is 827. The molecular formula is C24H31F3N2O2. The normalized spacial score (nSPS) is 29.6. The number of halogens is 3. The number of carbonyl (C=O) groups is 2. The summed E-state index contributed by atoms with van der Waals surface area (Å²) in [5, 5.41) is 5.62. The van der Waals surface area contributed by atoms with Crippen LogP contribution in [0.25, 0.3) is 0 Å². The van der Waals surface area contributed by atoms with Gasteiger partial charge in [0.25, 0.3) is 0 Å². The van der Waals surface area contributed by atoms with Crippen molar-refractivity contribution in [1.29, 1.82) is 0 Å². The van der Waals surface area contributed by atoms with Crippen molar-refractivity contribution in [2.45, 2.75) is 64.0 Å². The van der Waals surface area contributed by atoms with Gasteiger partial charge in [-0.1, -0.05) is 32.0 Å². The Kier molecular flexibility index (Phi) is 5.59. The molecule has 4 fully saturated rings. The quantitative estimate of drug-likeness (QED) is 0.693. The molecule has 0 unspecified atom stereocenters. The van der Waals surface area contributed by atoms with Crippen LogP contribution in [0, 0.1) is 23.2 Å². The van der Waals surface area contributed by atoms with E-state index in [9.17, 15) is 22.8 Å². The summed E-state index contributed by atoms with van der Waals surface area (Å²) in [7, 11) is 0. The predicted molar refractivity (Wildman–Crippen MR) is 111 cm³/mol. The summed E-state index contributed by atoms with van der Waals surface area (Å²) in [4.78, 5) is 25.3. The van der Waals surface area contributed by atoms with Crippen LogP contribution in [-0.2, 0) is 21.2 Å². The molecule has 0 radical (unpaired) electrons. The van der Waals surface area contributed by atoms with Crippen molar-refractivity contribution in [3.63, 3.8) is 0 Å². The second-order valence-corrected chi connectivity index (χ2v) is 10.6. The van der Waals surface area contributed by atoms with Gasteiger partial charge in [0.05, 0.1) is 12.1 Å². The highest BCUT2D eigenvalue weighted by molar-refractivity contribution is 5.88. The van der Waals surface area contributed by atoms with Crippen LogP contribution in [0.1, 0.15) is 63.5 Å². The fraction of sp³-hybridized carbons (Fsp3) is 0.667. The molecule has 0 saturated heterocycles. The highest BCUT2D eigenvalue weighted by Crippen LogP contribution is 2.60. The molecule has 2 N–H and O–H groups in total. The highest BCUT2D eigenvalue weighted by Gasteiger charge is 2.54. The van der Waals surface area contributed by atoms with Crippen LogP contribution < -0.4 is 10.6 Å². The van der Waals surface area contributed by atoms with Gasteiger partial charge in [0.2, 0.25) is 11.8 Å². The number of nitrogens with one attached hydrogen (secondary N) is 2. The molecule has 170 valence electrons. The summed E-state index contributed by atoms with van der Waals surface area (Å²) in [5.74, 6) is 1.63. The highest BCUT2D eigenvalue weighted by atomic mass is 19.4. The van der Waals surface area contributed by atoms with Gasteiger partial charge < -0.3 is 10.6 Å². The molecule has 0 heterocycles. The fourth-order valence-corrected chi connectivity index (χ4v) is 6.34. The molecule has 31 heavy (non-hydrogen) atoms. The molecule has 0 aliphatic heterocycles. The first-order chi connectivity index (χ1) is 14.5. The molecule has 0 aromatic heterocycles. The lowest BCUT2D eigenvalue weighted by Gasteiger charge is -2.55. The molecule has 1 aromatic carbocycles. The number of carbonyl (C=O) groups excluding carboxylic acids is 2. The van der Waals surface area contributed by atoms with E-state index in [4.69, 9.17) is 0 Å². The van der Waals surface area contributed by atoms with E-state index >= 15 is 0 Å². The van der Waals surface area contributed by atoms with Crippen LogP contribution in [0.3, 0.4) is 0 Å². The Hall–Kier alpha value is -2.05. The van der Waals surface area contributed by atoms with E-state index in [1.54, 1.807) is 19.9 Å². The minimum Gasteiger partial charge on any atom is -0.354 e. The number of hydrogen-bond donors (Lipinski definition) is 2. The molecule has 4 nitrogen and oxygen atoms in total. The van der Waals surface area contributed by atoms with Gasteiger partial charge in [-0.25, -0.2) is 0 Å². The van der Waals surface area contributed by atoms with Gasteiger partial charge >= 0.3 is 6.18 Å². The summed E-state index contributed by atoms with van der Waals surface area (Å²) in [6.07, 6.45) is 2.16. The van der Waals surface area contributed by atoms with Crippen molar-refractivity contribution in [2.75, 3.05) is 13.1 Å². The molecule has 4 aliphatic carbocycles. The van der Waals surface area contributed by atoms with Gasteiger partial charge in [0, 0.05) is 17.4 Å². The number of amides is 2. The minimum absolute atomic E-state index is 0.00103. The molecule has 1 aromatic rings. The van der Waals surface area contributed by atoms with E-state index in [0.29, 0.717) is 23.3 Å². The zero-order valence-electron chi connectivity index (χ0n) is 18.1. The third kappa shape index (κ3) is 4.60. The predicted octanol–water partition coefficient (Wildman–Crippen LogP) is 4.43. The monoisotopic (exact) mass is 436 g/mol. The lowest BCUT2D eigenvalue weighted by Crippen LogP contribution is -2.54. The lowest BCUT2D eigenvalue weighted by molar-refractivity contribution is -0.147. The van der Waals surface area contributed by atoms with Crippen molar-refractivity contribution >= 4 is 11.8 Å². The van der Waals surface area contributed by atoms with E-state index in [1.807, 2.05) is 0 Å². The molecule has 4 aliphatic rings. The second-order valence-electron chi connectivity index (χ2n) is 10.6. The van der Waals surface area contributed by atoms with Crippen LogP contribution in [0.5, 0.6) is 0 Å². The maximum Gasteiger partial charge on any atom is 0.416 e. The van der Waals surface area contributed by atoms with Gasteiger partial charge in [-0.2, -0.15) is 13.2 Å². The average Bonchev–Trinajstić information content (AvgIpc) is 2.69. The standard InChI is InChI=1S/C24H31F3N2O2/c1-22(2,18-4-3-5-19(9-18)24(25,26)27)14-29-20(30)13-28-21(31)23-10-15-6-16(11-23)8-17(7-15)12-23/h3-5,9,15-17H,6-8,10-14H2,1-2H3,(H,28,31)(H,29,30). The van der Waals surface area contributed by atoms with Gasteiger partial charge in [-0.05, 0) is 67.9 Å². The first kappa shape index (κ1) is 22.2. The Morgan fingerprint density at radius 3 is 2.06 bits per heavy atom. The molecule has 0 spiro atoms. The van der Waals surface area contributed by atoms with Crippen LogP contribution in [-0.4, -0.2) is 24.9 Å². The van der Waals surface area contributed by atoms with Crippen molar-refractivity contribution in [2.24, 2.45) is 23.2 Å². The molecule has 4 bridgehead atoms. The Labute approximate surface area is 181 Å². The fourth-order valence-electron chi connectivity index (χ4n) is 6.34. The van der Waals surface area contributed by atoms with Crippen LogP contribution in [0.2, 0.25) is 0 Å². The third-order valence-electron chi connectivity index (χ3n) is 7.63. The summed E-state index contributed by atoms with van der Waals surface area (Å²) < 4.78 is 39.0. The van der Waals surface area contributed by atoms with E-state index in [-0.39, 0.29) is 30.3 Å². The van der Waals surface area contributed by atoms with Gasteiger partial charge in [-0.15, -0.1) is 0 Å². The van der Waals surface area contributed by atoms with Crippen molar-refractivity contribution in [3.8, 4) is 0 Å². The SMILES string of the molecule is CC(C)(CNC(=O)CNC(=O)C12CC3CC(CC(C3)C1)C2)c1cccc(C(F)(F)F)c1. The largest absolute Gasteiger partial charge is 0.416 e. The van der Waals surface area contributed by atoms with E-state index in [0.717, 1.165) is 31.4 Å². The maximum atomic E-state index is 13.0. The number of rotatable bonds is 6. The maximum absolute atomic E-state index is 13.0. The van der Waals surface area contributed by atoms with Gasteiger partial charge in [-0.3, -0.25) is 9.59 Å². The van der Waals surface area contributed by atoms with Crippen molar-refractivity contribution < 1.29 is 22.8 Å². The number of hydrogen-bond acceptors (Lipinski definition) is 2. The molecule has 0 atom stereocenters. The average molecular weight is 437 g/mol. The zero-order valence-corrected chi connectivity index (χ0v) is 18.1. The van der Waals surface area contributed by atoms with E-state index in [1.165, 1.54) is 25.3 Å². The van der Waals surface area contributed by atoms with Crippen molar-refractivity contribution in [3.05, 3.63) is 35.4 Å². The molecule has 7 heteroatoms. The van der Waals surface area contributed by atoms with Crippen molar-refractivity contribution in [1.82, 2.24) is 10.6 Å². The molecule has 5 rings (SSSR count). The Morgan fingerprint density at radius 2 is 1.52 bits per heavy atom. The van der Waals surface area contributed by atoms with Gasteiger partial charge in [0.1, 0.15) is 0 Å². The second kappa shape index (κ2) is 7.82. The van der Waals surface area contributed by atoms with E-state index in [2.05, 4.69) is 10.6 Å². The van der Waals surface area contributed by atoms with Crippen LogP contribution in [0.4, 0.5) is 13.2 Å². The lowest BCUT2D eigenvalue weighted by atomic mass is 9.49. The number of alkyl halides is 3. The summed E-state index contributed by atoms with van der Waals surface area (Å²) in [6.45, 7) is 3.66. The molecule has 4 saturated carbocycles. The molecular weight excluding hydrogens is 405 g/mol. The third-order valence-corrected chi connectivity index (χ3v) is 7.63. The Morgan fingerprint density at radius 1 is 0.968 bits per heavy atom. The number of benzene rings is 1. The summed E-state index contributed by atoms with van der Waals surface area (Å²) in [5.41, 5.74) is -1.18. The summed E-state index contributed by atoms with van der Waals surface area (Å²) >= 11 is 0. The van der Waals surface area contributed by atoms with Crippen LogP contribution >= 0.6 is 0 Å². The summed E-state index contributed by atoms with van der Waals surface area (Å²) in [6, 6.07) is 5.18. The Balaban J connectivity index is 1.30. The van der Waals surface area contributed by atoms with Crippen LogP contribution in [0.15, 0.2) is 24.3 Å². The topological polar surface area (TPSA) is 58.2 Å². The minimum atomic E-state index is -4.41. The smallest absolute Gasteiger partial charge is 0.354 e. The first-order valence-corrected chi connectivity index (χ1v) is 11.2. The van der Waals surface area contributed by atoms with E-state index < -0.39 is 17.2 Å². The van der Waals surface area contributed by atoms with Gasteiger partial charge in [0.15, 0.2) is 0 Å².